The third kappa shape index (κ3) is 2.85. The van der Waals surface area contributed by atoms with Gasteiger partial charge in [0.1, 0.15) is 0 Å². The lowest BCUT2D eigenvalue weighted by Gasteiger charge is -2.06. The standard InChI is InChI=1S/C8H10O5/c1-5(9)12-4-6(10)7-2-3-8(11)13-7/h7H,2-4H2,1H3/t7-/m0/s1. The Morgan fingerprint density at radius 1 is 1.62 bits per heavy atom. The van der Waals surface area contributed by atoms with Gasteiger partial charge in [0, 0.05) is 19.8 Å². The highest BCUT2D eigenvalue weighted by molar-refractivity contribution is 5.89. The van der Waals surface area contributed by atoms with Crippen molar-refractivity contribution >= 4 is 17.7 Å². The van der Waals surface area contributed by atoms with Gasteiger partial charge in [0.2, 0.25) is 5.78 Å². The Bertz CT molecular complexity index is 245. The van der Waals surface area contributed by atoms with Crippen LogP contribution in [0.3, 0.4) is 0 Å². The molecule has 5 nitrogen and oxygen atoms in total. The molecule has 0 bridgehead atoms. The van der Waals surface area contributed by atoms with Crippen LogP contribution in [0.25, 0.3) is 0 Å². The quantitative estimate of drug-likeness (QED) is 0.572. The molecule has 5 heteroatoms. The summed E-state index contributed by atoms with van der Waals surface area (Å²) in [4.78, 5) is 32.1. The molecule has 0 aliphatic carbocycles. The number of hydrogen-bond acceptors (Lipinski definition) is 5. The fourth-order valence-corrected chi connectivity index (χ4v) is 1.02. The smallest absolute Gasteiger partial charge is 0.306 e. The van der Waals surface area contributed by atoms with E-state index in [-0.39, 0.29) is 24.8 Å². The van der Waals surface area contributed by atoms with Gasteiger partial charge in [-0.05, 0) is 0 Å². The first kappa shape index (κ1) is 9.70. The number of rotatable bonds is 3. The lowest BCUT2D eigenvalue weighted by Crippen LogP contribution is -2.25. The van der Waals surface area contributed by atoms with E-state index in [1.807, 2.05) is 0 Å². The number of carbonyl (C=O) groups is 3. The molecule has 0 aromatic carbocycles. The van der Waals surface area contributed by atoms with Crippen molar-refractivity contribution in [3.05, 3.63) is 0 Å². The molecular formula is C8H10O5. The van der Waals surface area contributed by atoms with Gasteiger partial charge in [0.15, 0.2) is 12.7 Å². The molecule has 1 aliphatic rings. The summed E-state index contributed by atoms with van der Waals surface area (Å²) >= 11 is 0. The molecule has 0 spiro atoms. The molecule has 0 aromatic rings. The van der Waals surface area contributed by atoms with Gasteiger partial charge in [0.05, 0.1) is 0 Å². The number of ketones is 1. The summed E-state index contributed by atoms with van der Waals surface area (Å²) in [6.07, 6.45) is -0.0677. The number of hydrogen-bond donors (Lipinski definition) is 0. The van der Waals surface area contributed by atoms with Gasteiger partial charge in [-0.1, -0.05) is 0 Å². The number of cyclic esters (lactones) is 1. The van der Waals surface area contributed by atoms with Crippen molar-refractivity contribution in [2.75, 3.05) is 6.61 Å². The second kappa shape index (κ2) is 4.02. The maximum absolute atomic E-state index is 11.1. The predicted molar refractivity (Wildman–Crippen MR) is 40.8 cm³/mol. The molecule has 0 radical (unpaired) electrons. The van der Waals surface area contributed by atoms with Crippen molar-refractivity contribution in [2.45, 2.75) is 25.9 Å². The molecule has 13 heavy (non-hydrogen) atoms. The van der Waals surface area contributed by atoms with Gasteiger partial charge in [-0.25, -0.2) is 0 Å². The maximum Gasteiger partial charge on any atom is 0.306 e. The number of esters is 2. The van der Waals surface area contributed by atoms with E-state index in [4.69, 9.17) is 0 Å². The molecular weight excluding hydrogens is 176 g/mol. The van der Waals surface area contributed by atoms with E-state index in [9.17, 15) is 14.4 Å². The van der Waals surface area contributed by atoms with E-state index in [0.29, 0.717) is 6.42 Å². The summed E-state index contributed by atoms with van der Waals surface area (Å²) in [6.45, 7) is 0.904. The topological polar surface area (TPSA) is 69.7 Å². The van der Waals surface area contributed by atoms with Crippen LogP contribution in [-0.2, 0) is 23.9 Å². The molecule has 0 aromatic heterocycles. The van der Waals surface area contributed by atoms with E-state index >= 15 is 0 Å². The summed E-state index contributed by atoms with van der Waals surface area (Å²) in [5.41, 5.74) is 0. The van der Waals surface area contributed by atoms with Crippen LogP contribution in [0.1, 0.15) is 19.8 Å². The summed E-state index contributed by atoms with van der Waals surface area (Å²) in [5, 5.41) is 0. The number of ether oxygens (including phenoxy) is 2. The van der Waals surface area contributed by atoms with Crippen molar-refractivity contribution in [1.82, 2.24) is 0 Å². The highest BCUT2D eigenvalue weighted by Gasteiger charge is 2.29. The summed E-state index contributed by atoms with van der Waals surface area (Å²) < 4.78 is 9.15. The Balaban J connectivity index is 2.31. The predicted octanol–water partition coefficient (Wildman–Crippen LogP) is -0.176. The van der Waals surface area contributed by atoms with Crippen LogP contribution in [-0.4, -0.2) is 30.4 Å². The Hall–Kier alpha value is -1.39. The first-order valence-electron chi connectivity index (χ1n) is 3.95. The van der Waals surface area contributed by atoms with Gasteiger partial charge < -0.3 is 9.47 Å². The first-order chi connectivity index (χ1) is 6.09. The van der Waals surface area contributed by atoms with E-state index in [1.165, 1.54) is 6.92 Å². The summed E-state index contributed by atoms with van der Waals surface area (Å²) in [7, 11) is 0. The van der Waals surface area contributed by atoms with Crippen LogP contribution in [0.15, 0.2) is 0 Å². The Morgan fingerprint density at radius 2 is 2.31 bits per heavy atom. The minimum Gasteiger partial charge on any atom is -0.458 e. The lowest BCUT2D eigenvalue weighted by atomic mass is 10.2. The van der Waals surface area contributed by atoms with Crippen molar-refractivity contribution in [3.8, 4) is 0 Å². The lowest BCUT2D eigenvalue weighted by molar-refractivity contribution is -0.152. The molecule has 1 atom stereocenters. The molecule has 1 fully saturated rings. The van der Waals surface area contributed by atoms with Crippen LogP contribution in [0, 0.1) is 0 Å². The molecule has 0 unspecified atom stereocenters. The Kier molecular flexibility index (Phi) is 3.00. The highest BCUT2D eigenvalue weighted by atomic mass is 16.6. The Labute approximate surface area is 75.0 Å². The normalized spacial score (nSPS) is 21.0. The number of Topliss-reactive ketones (excluding diaryl/α,β-unsaturated/α-hetero) is 1. The molecule has 1 heterocycles. The SMILES string of the molecule is CC(=O)OCC(=O)[C@@H]1CCC(=O)O1. The maximum atomic E-state index is 11.1. The van der Waals surface area contributed by atoms with Gasteiger partial charge in [-0.15, -0.1) is 0 Å². The zero-order valence-electron chi connectivity index (χ0n) is 7.24. The van der Waals surface area contributed by atoms with Crippen molar-refractivity contribution < 1.29 is 23.9 Å². The third-order valence-corrected chi connectivity index (χ3v) is 1.66. The van der Waals surface area contributed by atoms with Gasteiger partial charge in [-0.2, -0.15) is 0 Å². The largest absolute Gasteiger partial charge is 0.458 e. The fraction of sp³-hybridized carbons (Fsp3) is 0.625. The molecule has 1 saturated heterocycles. The fourth-order valence-electron chi connectivity index (χ4n) is 1.02. The second-order valence-electron chi connectivity index (χ2n) is 2.76. The highest BCUT2D eigenvalue weighted by Crippen LogP contribution is 2.14. The Morgan fingerprint density at radius 3 is 2.77 bits per heavy atom. The van der Waals surface area contributed by atoms with Gasteiger partial charge in [-0.3, -0.25) is 14.4 Å². The minimum atomic E-state index is -0.716. The van der Waals surface area contributed by atoms with E-state index in [2.05, 4.69) is 9.47 Å². The minimum absolute atomic E-state index is 0.260. The summed E-state index contributed by atoms with van der Waals surface area (Å²) in [5.74, 6) is -1.25. The average molecular weight is 186 g/mol. The molecule has 1 rings (SSSR count). The third-order valence-electron chi connectivity index (χ3n) is 1.66. The zero-order valence-corrected chi connectivity index (χ0v) is 7.24. The molecule has 72 valence electrons. The van der Waals surface area contributed by atoms with Gasteiger partial charge in [0.25, 0.3) is 0 Å². The first-order valence-corrected chi connectivity index (χ1v) is 3.95. The van der Waals surface area contributed by atoms with Crippen LogP contribution in [0.2, 0.25) is 0 Å². The molecule has 0 saturated carbocycles. The second-order valence-corrected chi connectivity index (χ2v) is 2.76. The van der Waals surface area contributed by atoms with Crippen molar-refractivity contribution in [3.63, 3.8) is 0 Å². The molecule has 0 N–H and O–H groups in total. The van der Waals surface area contributed by atoms with Gasteiger partial charge >= 0.3 is 11.9 Å². The summed E-state index contributed by atoms with van der Waals surface area (Å²) in [6, 6.07) is 0. The van der Waals surface area contributed by atoms with Crippen LogP contribution in [0.4, 0.5) is 0 Å². The average Bonchev–Trinajstić information content (AvgIpc) is 2.47. The van der Waals surface area contributed by atoms with E-state index in [0.717, 1.165) is 0 Å². The van der Waals surface area contributed by atoms with Crippen LogP contribution in [0.5, 0.6) is 0 Å². The number of carbonyl (C=O) groups excluding carboxylic acids is 3. The zero-order chi connectivity index (χ0) is 9.84. The van der Waals surface area contributed by atoms with E-state index in [1.54, 1.807) is 0 Å². The van der Waals surface area contributed by atoms with Crippen LogP contribution >= 0.6 is 0 Å². The molecule has 0 amide bonds. The van der Waals surface area contributed by atoms with Crippen LogP contribution < -0.4 is 0 Å². The monoisotopic (exact) mass is 186 g/mol. The van der Waals surface area contributed by atoms with E-state index < -0.39 is 12.1 Å². The van der Waals surface area contributed by atoms with Crippen molar-refractivity contribution in [1.29, 1.82) is 0 Å². The molecule has 1 aliphatic heterocycles. The van der Waals surface area contributed by atoms with Crippen molar-refractivity contribution in [2.24, 2.45) is 0 Å².